The smallest absolute Gasteiger partial charge is 0.271 e. The van der Waals surface area contributed by atoms with Crippen LogP contribution in [0.3, 0.4) is 0 Å². The quantitative estimate of drug-likeness (QED) is 0.242. The van der Waals surface area contributed by atoms with Crippen molar-refractivity contribution in [2.75, 3.05) is 5.43 Å². The van der Waals surface area contributed by atoms with Crippen LogP contribution in [-0.2, 0) is 0 Å². The van der Waals surface area contributed by atoms with Crippen LogP contribution in [0.1, 0.15) is 21.5 Å². The van der Waals surface area contributed by atoms with Crippen LogP contribution in [-0.4, -0.2) is 18.3 Å². The molecule has 3 rings (SSSR count). The third-order valence-corrected chi connectivity index (χ3v) is 4.96. The number of hydrogen-bond donors (Lipinski definition) is 2. The fraction of sp³-hybridized carbons (Fsp3) is 0. The van der Waals surface area contributed by atoms with Gasteiger partial charge < -0.3 is 0 Å². The second kappa shape index (κ2) is 12.5. The maximum absolute atomic E-state index is 12.2. The summed E-state index contributed by atoms with van der Waals surface area (Å²) in [7, 11) is 0. The molecule has 0 aliphatic heterocycles. The van der Waals surface area contributed by atoms with E-state index in [4.69, 9.17) is 0 Å². The second-order valence-corrected chi connectivity index (χ2v) is 8.36. The van der Waals surface area contributed by atoms with E-state index in [0.717, 1.165) is 25.8 Å². The number of benzene rings is 3. The molecule has 0 saturated heterocycles. The molecule has 32 heavy (non-hydrogen) atoms. The molecular weight excluding hydrogens is 532 g/mol. The van der Waals surface area contributed by atoms with Gasteiger partial charge in [0, 0.05) is 14.5 Å². The molecule has 1 amide bonds. The lowest BCUT2D eigenvalue weighted by Crippen LogP contribution is -2.17. The van der Waals surface area contributed by atoms with Crippen LogP contribution in [0, 0.1) is 0 Å². The van der Waals surface area contributed by atoms with E-state index in [2.05, 4.69) is 52.9 Å². The summed E-state index contributed by atoms with van der Waals surface area (Å²) < 4.78 is 1.58. The largest absolute Gasteiger partial charge is 0.278 e. The summed E-state index contributed by atoms with van der Waals surface area (Å²) in [6.45, 7) is 0. The molecule has 0 atom stereocenters. The molecular formula is C25H20Br2N4O. The molecule has 0 aliphatic rings. The monoisotopic (exact) mass is 550 g/mol. The number of rotatable bonds is 8. The van der Waals surface area contributed by atoms with E-state index in [-0.39, 0.29) is 5.91 Å². The van der Waals surface area contributed by atoms with Gasteiger partial charge in [-0.25, -0.2) is 5.43 Å². The molecule has 3 aromatic rings. The van der Waals surface area contributed by atoms with Gasteiger partial charge in [-0.2, -0.15) is 10.2 Å². The number of carbonyl (C=O) groups excluding carboxylic acids is 1. The number of allylic oxidation sites excluding steroid dienone is 2. The average Bonchev–Trinajstić information content (AvgIpc) is 2.81. The maximum atomic E-state index is 12.2. The minimum Gasteiger partial charge on any atom is -0.278 e. The average molecular weight is 552 g/mol. The first-order chi connectivity index (χ1) is 15.6. The van der Waals surface area contributed by atoms with Crippen LogP contribution in [0.5, 0.6) is 0 Å². The summed E-state index contributed by atoms with van der Waals surface area (Å²) in [5.74, 6) is -0.301. The van der Waals surface area contributed by atoms with Crippen molar-refractivity contribution >= 4 is 68.0 Å². The van der Waals surface area contributed by atoms with Crippen LogP contribution >= 0.6 is 31.9 Å². The van der Waals surface area contributed by atoms with Crippen molar-refractivity contribution in [2.45, 2.75) is 0 Å². The van der Waals surface area contributed by atoms with Crippen molar-refractivity contribution < 1.29 is 4.79 Å². The Hall–Kier alpha value is -3.29. The standard InChI is InChI=1S/C25H20Br2N4O/c26-22(15-19-7-3-1-4-8-19)17-28-30-24-13-11-21(12-14-24)25(32)31-29-18-23(27)16-20-9-5-2-6-10-20/h1-18,30H,(H,31,32)/b22-15-,23-16+,28-17-,29-18-. The third-order valence-electron chi connectivity index (χ3n) is 4.09. The van der Waals surface area contributed by atoms with Gasteiger partial charge in [-0.05, 0) is 79.4 Å². The van der Waals surface area contributed by atoms with Gasteiger partial charge in [0.2, 0.25) is 0 Å². The van der Waals surface area contributed by atoms with Crippen LogP contribution < -0.4 is 10.9 Å². The van der Waals surface area contributed by atoms with Crippen molar-refractivity contribution in [3.63, 3.8) is 0 Å². The van der Waals surface area contributed by atoms with E-state index in [1.807, 2.05) is 72.8 Å². The van der Waals surface area contributed by atoms with Gasteiger partial charge in [-0.15, -0.1) is 0 Å². The SMILES string of the molecule is O=C(N/N=C\C(Br)=C/c1ccccc1)c1ccc(N/N=C\C(Br)=C\c2ccccc2)cc1. The number of carbonyl (C=O) groups is 1. The Labute approximate surface area is 203 Å². The van der Waals surface area contributed by atoms with Crippen molar-refractivity contribution in [1.82, 2.24) is 5.43 Å². The number of amides is 1. The highest BCUT2D eigenvalue weighted by Gasteiger charge is 2.03. The van der Waals surface area contributed by atoms with Gasteiger partial charge in [0.25, 0.3) is 5.91 Å². The second-order valence-electron chi connectivity index (χ2n) is 6.53. The van der Waals surface area contributed by atoms with Gasteiger partial charge in [-0.3, -0.25) is 10.2 Å². The van der Waals surface area contributed by atoms with Crippen LogP contribution in [0.2, 0.25) is 0 Å². The number of nitrogens with one attached hydrogen (secondary N) is 2. The molecule has 0 bridgehead atoms. The molecule has 3 aromatic carbocycles. The molecule has 7 heteroatoms. The molecule has 2 N–H and O–H groups in total. The molecule has 0 heterocycles. The van der Waals surface area contributed by atoms with Gasteiger partial charge in [0.15, 0.2) is 0 Å². The highest BCUT2D eigenvalue weighted by molar-refractivity contribution is 9.12. The predicted molar refractivity (Wildman–Crippen MR) is 141 cm³/mol. The normalized spacial score (nSPS) is 12.3. The lowest BCUT2D eigenvalue weighted by molar-refractivity contribution is 0.0955. The van der Waals surface area contributed by atoms with Crippen molar-refractivity contribution in [2.24, 2.45) is 10.2 Å². The number of nitrogens with zero attached hydrogens (tertiary/aromatic N) is 2. The third kappa shape index (κ3) is 8.09. The molecule has 160 valence electrons. The first kappa shape index (κ1) is 23.4. The van der Waals surface area contributed by atoms with E-state index in [1.165, 1.54) is 6.21 Å². The summed E-state index contributed by atoms with van der Waals surface area (Å²) in [5, 5.41) is 8.17. The van der Waals surface area contributed by atoms with Gasteiger partial charge in [0.05, 0.1) is 18.1 Å². The molecule has 0 unspecified atom stereocenters. The highest BCUT2D eigenvalue weighted by Crippen LogP contribution is 2.13. The Balaban J connectivity index is 1.49. The molecule has 0 saturated carbocycles. The molecule has 0 radical (unpaired) electrons. The topological polar surface area (TPSA) is 65.8 Å². The summed E-state index contributed by atoms with van der Waals surface area (Å²) >= 11 is 6.88. The first-order valence-corrected chi connectivity index (χ1v) is 11.3. The van der Waals surface area contributed by atoms with Gasteiger partial charge >= 0.3 is 0 Å². The van der Waals surface area contributed by atoms with E-state index < -0.39 is 0 Å². The zero-order valence-electron chi connectivity index (χ0n) is 17.0. The Bertz CT molecular complexity index is 1140. The van der Waals surface area contributed by atoms with Crippen molar-refractivity contribution in [3.05, 3.63) is 111 Å². The zero-order valence-corrected chi connectivity index (χ0v) is 20.1. The Morgan fingerprint density at radius 2 is 1.19 bits per heavy atom. The van der Waals surface area contributed by atoms with E-state index in [0.29, 0.717) is 5.56 Å². The Morgan fingerprint density at radius 3 is 1.72 bits per heavy atom. The van der Waals surface area contributed by atoms with Crippen LogP contribution in [0.15, 0.2) is 104 Å². The molecule has 0 aromatic heterocycles. The van der Waals surface area contributed by atoms with Crippen molar-refractivity contribution in [1.29, 1.82) is 0 Å². The number of halogens is 2. The number of hydrazone groups is 2. The summed E-state index contributed by atoms with van der Waals surface area (Å²) in [6.07, 6.45) is 7.08. The van der Waals surface area contributed by atoms with Crippen LogP contribution in [0.4, 0.5) is 5.69 Å². The van der Waals surface area contributed by atoms with Crippen molar-refractivity contribution in [3.8, 4) is 0 Å². The Morgan fingerprint density at radius 1 is 0.688 bits per heavy atom. The molecule has 0 spiro atoms. The summed E-state index contributed by atoms with van der Waals surface area (Å²) in [4.78, 5) is 12.2. The molecule has 0 fully saturated rings. The summed E-state index contributed by atoms with van der Waals surface area (Å²) in [6, 6.07) is 26.7. The van der Waals surface area contributed by atoms with Gasteiger partial charge in [-0.1, -0.05) is 60.7 Å². The number of hydrogen-bond acceptors (Lipinski definition) is 4. The molecule has 5 nitrogen and oxygen atoms in total. The predicted octanol–water partition coefficient (Wildman–Crippen LogP) is 6.67. The fourth-order valence-corrected chi connectivity index (χ4v) is 3.31. The lowest BCUT2D eigenvalue weighted by atomic mass is 10.2. The van der Waals surface area contributed by atoms with E-state index in [1.54, 1.807) is 30.5 Å². The van der Waals surface area contributed by atoms with E-state index >= 15 is 0 Å². The highest BCUT2D eigenvalue weighted by atomic mass is 79.9. The first-order valence-electron chi connectivity index (χ1n) is 9.67. The van der Waals surface area contributed by atoms with E-state index in [9.17, 15) is 4.79 Å². The van der Waals surface area contributed by atoms with Gasteiger partial charge in [0.1, 0.15) is 0 Å². The van der Waals surface area contributed by atoms with Crippen LogP contribution in [0.25, 0.3) is 12.2 Å². The molecule has 0 aliphatic carbocycles. The minimum absolute atomic E-state index is 0.301. The maximum Gasteiger partial charge on any atom is 0.271 e. The number of anilines is 1. The zero-order chi connectivity index (χ0) is 22.6. The summed E-state index contributed by atoms with van der Waals surface area (Å²) in [5.41, 5.74) is 8.80. The fourth-order valence-electron chi connectivity index (χ4n) is 2.57. The minimum atomic E-state index is -0.301. The Kier molecular flexibility index (Phi) is 9.16. The lowest BCUT2D eigenvalue weighted by Gasteiger charge is -2.03.